The molecule has 5 nitrogen and oxygen atoms in total. The lowest BCUT2D eigenvalue weighted by molar-refractivity contribution is -0.120. The number of aliphatic hydroxyl groups excluding tert-OH is 3. The summed E-state index contributed by atoms with van der Waals surface area (Å²) in [7, 11) is 0. The van der Waals surface area contributed by atoms with E-state index in [0.717, 1.165) is 0 Å². The van der Waals surface area contributed by atoms with Crippen LogP contribution in [0.1, 0.15) is 0 Å². The number of hydrogen-bond acceptors (Lipinski definition) is 5. The lowest BCUT2D eigenvalue weighted by Crippen LogP contribution is -2.46. The zero-order valence-corrected chi connectivity index (χ0v) is 6.46. The number of rotatable bonds is 2. The highest BCUT2D eigenvalue weighted by Gasteiger charge is 2.55. The molecule has 2 fully saturated rings. The lowest BCUT2D eigenvalue weighted by atomic mass is 9.92. The molecular formula is C7H12O5. The van der Waals surface area contributed by atoms with Crippen molar-refractivity contribution in [3.63, 3.8) is 0 Å². The second kappa shape index (κ2) is 2.93. The van der Waals surface area contributed by atoms with Gasteiger partial charge in [0, 0.05) is 5.92 Å². The van der Waals surface area contributed by atoms with Crippen molar-refractivity contribution in [1.29, 1.82) is 0 Å². The minimum Gasteiger partial charge on any atom is -0.396 e. The molecule has 2 aliphatic rings. The van der Waals surface area contributed by atoms with Crippen LogP contribution in [0.15, 0.2) is 0 Å². The summed E-state index contributed by atoms with van der Waals surface area (Å²) < 4.78 is 10.2. The van der Waals surface area contributed by atoms with Crippen LogP contribution in [-0.2, 0) is 9.47 Å². The van der Waals surface area contributed by atoms with Crippen molar-refractivity contribution in [2.24, 2.45) is 5.92 Å². The van der Waals surface area contributed by atoms with Gasteiger partial charge in [-0.15, -0.1) is 0 Å². The first kappa shape index (κ1) is 8.40. The zero-order valence-electron chi connectivity index (χ0n) is 6.46. The molecule has 0 amide bonds. The Balaban J connectivity index is 2.04. The van der Waals surface area contributed by atoms with E-state index >= 15 is 0 Å². The van der Waals surface area contributed by atoms with Crippen LogP contribution < -0.4 is 0 Å². The van der Waals surface area contributed by atoms with Gasteiger partial charge in [0.1, 0.15) is 6.10 Å². The fourth-order valence-corrected chi connectivity index (χ4v) is 1.60. The Hall–Kier alpha value is -0.200. The van der Waals surface area contributed by atoms with Gasteiger partial charge in [0.25, 0.3) is 0 Å². The van der Waals surface area contributed by atoms with Gasteiger partial charge in [-0.3, -0.25) is 0 Å². The fourth-order valence-electron chi connectivity index (χ4n) is 1.60. The first-order chi connectivity index (χ1) is 5.77. The molecule has 0 bridgehead atoms. The van der Waals surface area contributed by atoms with Gasteiger partial charge in [-0.05, 0) is 0 Å². The molecule has 0 spiro atoms. The van der Waals surface area contributed by atoms with Gasteiger partial charge in [-0.2, -0.15) is 0 Å². The predicted molar refractivity (Wildman–Crippen MR) is 37.2 cm³/mol. The summed E-state index contributed by atoms with van der Waals surface area (Å²) in [6, 6.07) is 0. The van der Waals surface area contributed by atoms with E-state index in [4.69, 9.17) is 19.7 Å². The van der Waals surface area contributed by atoms with Crippen LogP contribution >= 0.6 is 0 Å². The summed E-state index contributed by atoms with van der Waals surface area (Å²) in [5.74, 6) is -0.432. The molecule has 0 saturated carbocycles. The van der Waals surface area contributed by atoms with Gasteiger partial charge >= 0.3 is 0 Å². The summed E-state index contributed by atoms with van der Waals surface area (Å²) in [5.41, 5.74) is 0. The fraction of sp³-hybridized carbons (Fsp3) is 1.00. The molecule has 3 N–H and O–H groups in total. The molecule has 0 aromatic rings. The quantitative estimate of drug-likeness (QED) is 0.427. The van der Waals surface area contributed by atoms with Crippen molar-refractivity contribution >= 4 is 0 Å². The van der Waals surface area contributed by atoms with Gasteiger partial charge in [0.2, 0.25) is 0 Å². The van der Waals surface area contributed by atoms with E-state index in [0.29, 0.717) is 0 Å². The summed E-state index contributed by atoms with van der Waals surface area (Å²) in [5, 5.41) is 27.2. The van der Waals surface area contributed by atoms with Gasteiger partial charge in [0.15, 0.2) is 6.29 Å². The molecule has 70 valence electrons. The molecule has 0 aromatic heterocycles. The van der Waals surface area contributed by atoms with E-state index in [2.05, 4.69) is 0 Å². The van der Waals surface area contributed by atoms with E-state index in [-0.39, 0.29) is 25.6 Å². The van der Waals surface area contributed by atoms with Crippen molar-refractivity contribution in [3.8, 4) is 0 Å². The highest BCUT2D eigenvalue weighted by Crippen LogP contribution is 2.38. The average Bonchev–Trinajstić information content (AvgIpc) is 2.83. The average molecular weight is 176 g/mol. The minimum absolute atomic E-state index is 0.195. The largest absolute Gasteiger partial charge is 0.396 e. The normalized spacial score (nSPS) is 51.8. The summed E-state index contributed by atoms with van der Waals surface area (Å²) in [6.07, 6.45) is -1.90. The van der Waals surface area contributed by atoms with E-state index in [1.54, 1.807) is 0 Å². The standard InChI is InChI=1S/C7H12O5/c8-1-3-4(2-9)11-7-6(12-7)5(3)10/h3-10H,1-2H2. The Morgan fingerprint density at radius 1 is 1.08 bits per heavy atom. The topological polar surface area (TPSA) is 82.5 Å². The summed E-state index contributed by atoms with van der Waals surface area (Å²) in [6.45, 7) is -0.395. The third-order valence-electron chi connectivity index (χ3n) is 2.44. The molecule has 2 saturated heterocycles. The van der Waals surface area contributed by atoms with Crippen LogP contribution in [0.25, 0.3) is 0 Å². The SMILES string of the molecule is OCC1OC2OC2C(O)C1CO. The second-order valence-corrected chi connectivity index (χ2v) is 3.16. The Bertz CT molecular complexity index is 173. The van der Waals surface area contributed by atoms with E-state index in [1.807, 2.05) is 0 Å². The van der Waals surface area contributed by atoms with Crippen LogP contribution in [0.4, 0.5) is 0 Å². The molecule has 2 rings (SSSR count). The van der Waals surface area contributed by atoms with Crippen molar-refractivity contribution in [2.45, 2.75) is 24.6 Å². The van der Waals surface area contributed by atoms with Crippen LogP contribution in [0.2, 0.25) is 0 Å². The number of fused-ring (bicyclic) bond motifs is 1. The van der Waals surface area contributed by atoms with Crippen LogP contribution in [-0.4, -0.2) is 53.1 Å². The number of ether oxygens (including phenoxy) is 2. The van der Waals surface area contributed by atoms with Gasteiger partial charge in [-0.25, -0.2) is 0 Å². The molecular weight excluding hydrogens is 164 g/mol. The van der Waals surface area contributed by atoms with Crippen molar-refractivity contribution < 1.29 is 24.8 Å². The molecule has 2 aliphatic heterocycles. The van der Waals surface area contributed by atoms with Crippen LogP contribution in [0.3, 0.4) is 0 Å². The van der Waals surface area contributed by atoms with Crippen molar-refractivity contribution in [1.82, 2.24) is 0 Å². The first-order valence-corrected chi connectivity index (χ1v) is 3.98. The first-order valence-electron chi connectivity index (χ1n) is 3.98. The van der Waals surface area contributed by atoms with Gasteiger partial charge in [0.05, 0.1) is 25.4 Å². The molecule has 5 heteroatoms. The number of aliphatic hydroxyl groups is 3. The molecule has 2 heterocycles. The molecule has 0 radical (unpaired) electrons. The highest BCUT2D eigenvalue weighted by atomic mass is 16.8. The van der Waals surface area contributed by atoms with E-state index in [9.17, 15) is 5.11 Å². The Labute approximate surface area is 69.5 Å². The molecule has 0 aromatic carbocycles. The summed E-state index contributed by atoms with van der Waals surface area (Å²) in [4.78, 5) is 0. The Morgan fingerprint density at radius 2 is 1.83 bits per heavy atom. The van der Waals surface area contributed by atoms with Crippen molar-refractivity contribution in [2.75, 3.05) is 13.2 Å². The molecule has 12 heavy (non-hydrogen) atoms. The second-order valence-electron chi connectivity index (χ2n) is 3.16. The number of epoxide rings is 1. The van der Waals surface area contributed by atoms with Crippen molar-refractivity contribution in [3.05, 3.63) is 0 Å². The Morgan fingerprint density at radius 3 is 2.42 bits per heavy atom. The maximum atomic E-state index is 9.50. The van der Waals surface area contributed by atoms with Crippen LogP contribution in [0.5, 0.6) is 0 Å². The maximum Gasteiger partial charge on any atom is 0.187 e. The highest BCUT2D eigenvalue weighted by molar-refractivity contribution is 4.96. The van der Waals surface area contributed by atoms with Gasteiger partial charge in [-0.1, -0.05) is 0 Å². The number of hydrogen-bond donors (Lipinski definition) is 3. The van der Waals surface area contributed by atoms with Crippen LogP contribution in [0, 0.1) is 5.92 Å². The summed E-state index contributed by atoms with van der Waals surface area (Å²) >= 11 is 0. The maximum absolute atomic E-state index is 9.50. The van der Waals surface area contributed by atoms with E-state index in [1.165, 1.54) is 0 Å². The van der Waals surface area contributed by atoms with E-state index < -0.39 is 18.1 Å². The molecule has 0 aliphatic carbocycles. The molecule has 5 atom stereocenters. The zero-order chi connectivity index (χ0) is 8.72. The third kappa shape index (κ3) is 1.14. The predicted octanol–water partition coefficient (Wildman–Crippen LogP) is -1.93. The molecule has 5 unspecified atom stereocenters. The lowest BCUT2D eigenvalue weighted by Gasteiger charge is -2.30. The van der Waals surface area contributed by atoms with Gasteiger partial charge < -0.3 is 24.8 Å². The minimum atomic E-state index is -0.717. The monoisotopic (exact) mass is 176 g/mol. The Kier molecular flexibility index (Phi) is 2.05. The smallest absolute Gasteiger partial charge is 0.187 e. The third-order valence-corrected chi connectivity index (χ3v) is 2.44.